The van der Waals surface area contributed by atoms with Crippen LogP contribution in [0.4, 0.5) is 0 Å². The van der Waals surface area contributed by atoms with Crippen molar-refractivity contribution in [2.75, 3.05) is 0 Å². The van der Waals surface area contributed by atoms with Crippen molar-refractivity contribution in [1.82, 2.24) is 9.55 Å². The van der Waals surface area contributed by atoms with Gasteiger partial charge in [-0.1, -0.05) is 13.8 Å². The Morgan fingerprint density at radius 3 is 2.35 bits per heavy atom. The predicted molar refractivity (Wildman–Crippen MR) is 65.3 cm³/mol. The Bertz CT molecular complexity index is 558. The van der Waals surface area contributed by atoms with Gasteiger partial charge in [0.25, 0.3) is 5.56 Å². The van der Waals surface area contributed by atoms with Crippen molar-refractivity contribution in [2.45, 2.75) is 26.8 Å². The fourth-order valence-corrected chi connectivity index (χ4v) is 1.87. The number of halogens is 1. The third kappa shape index (κ3) is 2.49. The first kappa shape index (κ1) is 13.7. The number of aryl methyl sites for hydroxylation is 1. The third-order valence-corrected chi connectivity index (χ3v) is 3.35. The molecule has 94 valence electrons. The van der Waals surface area contributed by atoms with Crippen LogP contribution < -0.4 is 11.2 Å². The highest BCUT2D eigenvalue weighted by molar-refractivity contribution is 9.10. The molecule has 1 atom stereocenters. The number of carboxylic acids is 1. The minimum absolute atomic E-state index is 0.170. The molecule has 0 aliphatic carbocycles. The monoisotopic (exact) mass is 304 g/mol. The topological polar surface area (TPSA) is 92.2 Å². The van der Waals surface area contributed by atoms with E-state index in [2.05, 4.69) is 20.9 Å². The van der Waals surface area contributed by atoms with E-state index in [0.717, 1.165) is 4.57 Å². The number of rotatable bonds is 3. The zero-order valence-corrected chi connectivity index (χ0v) is 11.2. The molecule has 0 saturated heterocycles. The second-order valence-corrected chi connectivity index (χ2v) is 4.86. The first-order valence-corrected chi connectivity index (χ1v) is 5.80. The lowest BCUT2D eigenvalue weighted by atomic mass is 10.0. The first-order valence-electron chi connectivity index (χ1n) is 5.01. The summed E-state index contributed by atoms with van der Waals surface area (Å²) >= 11 is 3.03. The molecule has 0 saturated carbocycles. The van der Waals surface area contributed by atoms with E-state index in [1.54, 1.807) is 20.8 Å². The van der Waals surface area contributed by atoms with Crippen LogP contribution >= 0.6 is 15.9 Å². The number of aromatic nitrogens is 2. The number of carbonyl (C=O) groups is 1. The summed E-state index contributed by atoms with van der Waals surface area (Å²) in [5, 5.41) is 9.08. The Hall–Kier alpha value is -1.37. The van der Waals surface area contributed by atoms with Crippen molar-refractivity contribution in [3.63, 3.8) is 0 Å². The van der Waals surface area contributed by atoms with Crippen LogP contribution in [0.5, 0.6) is 0 Å². The summed E-state index contributed by atoms with van der Waals surface area (Å²) in [6.07, 6.45) is 0. The van der Waals surface area contributed by atoms with E-state index in [4.69, 9.17) is 5.11 Å². The lowest BCUT2D eigenvalue weighted by Crippen LogP contribution is -2.43. The van der Waals surface area contributed by atoms with Gasteiger partial charge in [-0.3, -0.25) is 4.79 Å². The van der Waals surface area contributed by atoms with Crippen LogP contribution in [0.15, 0.2) is 14.1 Å². The highest BCUT2D eigenvalue weighted by atomic mass is 79.9. The van der Waals surface area contributed by atoms with Crippen molar-refractivity contribution < 1.29 is 9.90 Å². The van der Waals surface area contributed by atoms with Crippen LogP contribution in [0.2, 0.25) is 0 Å². The molecule has 2 N–H and O–H groups in total. The molecular formula is C10H13BrN2O4. The average Bonchev–Trinajstić information content (AvgIpc) is 2.19. The van der Waals surface area contributed by atoms with Crippen LogP contribution in [0, 0.1) is 12.8 Å². The van der Waals surface area contributed by atoms with Crippen molar-refractivity contribution in [3.8, 4) is 0 Å². The summed E-state index contributed by atoms with van der Waals surface area (Å²) < 4.78 is 0.897. The summed E-state index contributed by atoms with van der Waals surface area (Å²) in [7, 11) is 0. The number of H-pyrrole nitrogens is 1. The van der Waals surface area contributed by atoms with Gasteiger partial charge in [0.15, 0.2) is 0 Å². The molecule has 0 bridgehead atoms. The minimum Gasteiger partial charge on any atom is -0.480 e. The van der Waals surface area contributed by atoms with E-state index in [1.807, 2.05) is 0 Å². The summed E-state index contributed by atoms with van der Waals surface area (Å²) in [5.41, 5.74) is -0.965. The van der Waals surface area contributed by atoms with E-state index in [-0.39, 0.29) is 10.4 Å². The van der Waals surface area contributed by atoms with E-state index < -0.39 is 23.3 Å². The summed E-state index contributed by atoms with van der Waals surface area (Å²) in [6, 6.07) is -1.18. The lowest BCUT2D eigenvalue weighted by Gasteiger charge is -2.18. The molecule has 1 unspecified atom stereocenters. The maximum Gasteiger partial charge on any atom is 0.329 e. The van der Waals surface area contributed by atoms with Gasteiger partial charge in [0, 0.05) is 5.69 Å². The quantitative estimate of drug-likeness (QED) is 0.867. The maximum atomic E-state index is 11.9. The second-order valence-electron chi connectivity index (χ2n) is 4.07. The third-order valence-electron chi connectivity index (χ3n) is 2.41. The molecule has 0 aromatic carbocycles. The molecule has 0 radical (unpaired) electrons. The standard InChI is InChI=1S/C10H13BrN2O4/c1-4(2)7(9(15)16)13-8(14)6(11)5(3)12-10(13)17/h4,7H,1-3H3,(H,12,17)(H,15,16). The number of carboxylic acid groups (broad SMARTS) is 1. The summed E-state index contributed by atoms with van der Waals surface area (Å²) in [5.74, 6) is -1.58. The molecule has 1 heterocycles. The van der Waals surface area contributed by atoms with Gasteiger partial charge in [-0.05, 0) is 28.8 Å². The maximum absolute atomic E-state index is 11.9. The molecule has 1 aromatic heterocycles. The van der Waals surface area contributed by atoms with Crippen LogP contribution in [0.25, 0.3) is 0 Å². The van der Waals surface area contributed by atoms with E-state index in [0.29, 0.717) is 5.69 Å². The number of nitrogens with zero attached hydrogens (tertiary/aromatic N) is 1. The van der Waals surface area contributed by atoms with Gasteiger partial charge in [-0.15, -0.1) is 0 Å². The van der Waals surface area contributed by atoms with E-state index in [9.17, 15) is 14.4 Å². The predicted octanol–water partition coefficient (Wildman–Crippen LogP) is 0.889. The number of aromatic amines is 1. The Morgan fingerprint density at radius 2 is 1.94 bits per heavy atom. The number of hydrogen-bond acceptors (Lipinski definition) is 3. The molecule has 17 heavy (non-hydrogen) atoms. The molecule has 0 spiro atoms. The highest BCUT2D eigenvalue weighted by Gasteiger charge is 2.27. The SMILES string of the molecule is Cc1[nH]c(=O)n(C(C(=O)O)C(C)C)c(=O)c1Br. The molecule has 0 aliphatic heterocycles. The van der Waals surface area contributed by atoms with Gasteiger partial charge in [-0.25, -0.2) is 14.2 Å². The fourth-order valence-electron chi connectivity index (χ4n) is 1.58. The van der Waals surface area contributed by atoms with E-state index >= 15 is 0 Å². The lowest BCUT2D eigenvalue weighted by molar-refractivity contribution is -0.142. The van der Waals surface area contributed by atoms with Gasteiger partial charge in [0.2, 0.25) is 0 Å². The van der Waals surface area contributed by atoms with Gasteiger partial charge < -0.3 is 10.1 Å². The first-order chi connectivity index (χ1) is 7.77. The minimum atomic E-state index is -1.21. The van der Waals surface area contributed by atoms with Crippen molar-refractivity contribution in [3.05, 3.63) is 31.0 Å². The Kier molecular flexibility index (Phi) is 3.92. The van der Waals surface area contributed by atoms with Gasteiger partial charge in [-0.2, -0.15) is 0 Å². The molecule has 1 aromatic rings. The molecular weight excluding hydrogens is 292 g/mol. The molecule has 0 amide bonds. The van der Waals surface area contributed by atoms with Crippen molar-refractivity contribution in [1.29, 1.82) is 0 Å². The average molecular weight is 305 g/mol. The zero-order chi connectivity index (χ0) is 13.3. The second kappa shape index (κ2) is 4.87. The number of hydrogen-bond donors (Lipinski definition) is 2. The highest BCUT2D eigenvalue weighted by Crippen LogP contribution is 2.15. The zero-order valence-electron chi connectivity index (χ0n) is 9.65. The Morgan fingerprint density at radius 1 is 1.41 bits per heavy atom. The molecule has 6 nitrogen and oxygen atoms in total. The van der Waals surface area contributed by atoms with Crippen LogP contribution in [0.3, 0.4) is 0 Å². The van der Waals surface area contributed by atoms with Gasteiger partial charge in [0.1, 0.15) is 10.5 Å². The number of nitrogens with one attached hydrogen (secondary N) is 1. The van der Waals surface area contributed by atoms with Crippen molar-refractivity contribution >= 4 is 21.9 Å². The van der Waals surface area contributed by atoms with Crippen molar-refractivity contribution in [2.24, 2.45) is 5.92 Å². The summed E-state index contributed by atoms with van der Waals surface area (Å²) in [4.78, 5) is 37.1. The smallest absolute Gasteiger partial charge is 0.329 e. The van der Waals surface area contributed by atoms with Gasteiger partial charge >= 0.3 is 11.7 Å². The molecule has 0 fully saturated rings. The Labute approximate surface area is 105 Å². The molecule has 7 heteroatoms. The molecule has 0 aliphatic rings. The van der Waals surface area contributed by atoms with Gasteiger partial charge in [0.05, 0.1) is 0 Å². The van der Waals surface area contributed by atoms with Crippen LogP contribution in [0.1, 0.15) is 25.6 Å². The molecule has 1 rings (SSSR count). The van der Waals surface area contributed by atoms with Crippen LogP contribution in [-0.2, 0) is 4.79 Å². The number of aliphatic carboxylic acids is 1. The Balaban J connectivity index is 3.61. The van der Waals surface area contributed by atoms with E-state index in [1.165, 1.54) is 0 Å². The largest absolute Gasteiger partial charge is 0.480 e. The fraction of sp³-hybridized carbons (Fsp3) is 0.500. The summed E-state index contributed by atoms with van der Waals surface area (Å²) in [6.45, 7) is 4.83. The van der Waals surface area contributed by atoms with Crippen LogP contribution in [-0.4, -0.2) is 20.6 Å². The normalized spacial score (nSPS) is 12.8.